The third-order valence-corrected chi connectivity index (χ3v) is 10.1. The Labute approximate surface area is 392 Å². The minimum Gasteiger partial charge on any atom is -0.462 e. The molecule has 0 aromatic rings. The summed E-state index contributed by atoms with van der Waals surface area (Å²) in [6, 6.07) is 0. The Morgan fingerprint density at radius 3 is 1.06 bits per heavy atom. The maximum Gasteiger partial charge on any atom is 0.306 e. The molecule has 1 unspecified atom stereocenters. The normalized spacial score (nSPS) is 13.2. The van der Waals surface area contributed by atoms with Crippen molar-refractivity contribution in [2.75, 3.05) is 13.2 Å². The predicted octanol–water partition coefficient (Wildman–Crippen LogP) is 16.7. The van der Waals surface area contributed by atoms with Crippen LogP contribution in [0.4, 0.5) is 0 Å². The van der Waals surface area contributed by atoms with E-state index in [1.807, 2.05) is 60.8 Å². The molecule has 0 heterocycles. The highest BCUT2D eigenvalue weighted by Crippen LogP contribution is 2.12. The largest absolute Gasteiger partial charge is 0.462 e. The van der Waals surface area contributed by atoms with Crippen molar-refractivity contribution in [3.05, 3.63) is 134 Å². The second kappa shape index (κ2) is 51.2. The van der Waals surface area contributed by atoms with Gasteiger partial charge in [-0.05, 0) is 83.5 Å². The zero-order chi connectivity index (χ0) is 46.5. The van der Waals surface area contributed by atoms with Crippen LogP contribution >= 0.6 is 0 Å². The second-order valence-corrected chi connectivity index (χ2v) is 16.2. The van der Waals surface area contributed by atoms with E-state index in [4.69, 9.17) is 14.2 Å². The molecule has 0 saturated heterocycles. The van der Waals surface area contributed by atoms with Crippen LogP contribution in [0.2, 0.25) is 0 Å². The lowest BCUT2D eigenvalue weighted by atomic mass is 10.1. The summed E-state index contributed by atoms with van der Waals surface area (Å²) in [6.45, 7) is 6.32. The molecule has 0 aliphatic rings. The highest BCUT2D eigenvalue weighted by molar-refractivity contribution is 5.71. The zero-order valence-electron chi connectivity index (χ0n) is 40.7. The lowest BCUT2D eigenvalue weighted by molar-refractivity contribution is -0.167. The van der Waals surface area contributed by atoms with Crippen molar-refractivity contribution in [1.82, 2.24) is 0 Å². The number of esters is 3. The third kappa shape index (κ3) is 48.6. The molecule has 6 heteroatoms. The Kier molecular flexibility index (Phi) is 47.6. The summed E-state index contributed by atoms with van der Waals surface area (Å²) in [6.07, 6.45) is 71.4. The fourth-order valence-electron chi connectivity index (χ4n) is 6.29. The van der Waals surface area contributed by atoms with Crippen LogP contribution in [-0.4, -0.2) is 37.2 Å². The highest BCUT2D eigenvalue weighted by Gasteiger charge is 2.19. The molecular formula is C58H90O6. The van der Waals surface area contributed by atoms with Gasteiger partial charge in [0.15, 0.2) is 6.10 Å². The number of carbonyl (C=O) groups excluding carboxylic acids is 3. The van der Waals surface area contributed by atoms with E-state index in [1.165, 1.54) is 44.9 Å². The summed E-state index contributed by atoms with van der Waals surface area (Å²) in [5, 5.41) is 0. The first-order chi connectivity index (χ1) is 31.5. The first-order valence-electron chi connectivity index (χ1n) is 25.3. The molecule has 0 amide bonds. The molecule has 64 heavy (non-hydrogen) atoms. The third-order valence-electron chi connectivity index (χ3n) is 10.1. The van der Waals surface area contributed by atoms with Crippen LogP contribution in [0.1, 0.15) is 194 Å². The standard InChI is InChI=1S/C58H90O6/c1-4-7-10-13-16-19-22-24-26-28-30-31-33-36-39-42-45-48-51-57(60)63-54-55(53-62-56(59)50-47-44-41-38-35-21-18-15-12-9-6-3)64-58(61)52-49-46-43-40-37-34-32-29-27-25-23-20-17-14-11-8-5-2/h8,11,14-20,22-32,34,37,55H,4-7,9-10,12-13,21,33,35-36,38-54H2,1-3H3/b11-8-,17-14-,18-15-,19-16-,23-20-,24-22-,27-25-,28-26-,31-30-,32-29+,37-34-. The molecule has 0 aliphatic heterocycles. The Morgan fingerprint density at radius 1 is 0.328 bits per heavy atom. The van der Waals surface area contributed by atoms with Gasteiger partial charge in [-0.2, -0.15) is 0 Å². The zero-order valence-corrected chi connectivity index (χ0v) is 40.7. The first-order valence-corrected chi connectivity index (χ1v) is 25.3. The van der Waals surface area contributed by atoms with Crippen LogP contribution < -0.4 is 0 Å². The van der Waals surface area contributed by atoms with Gasteiger partial charge < -0.3 is 14.2 Å². The lowest BCUT2D eigenvalue weighted by Crippen LogP contribution is -2.30. The monoisotopic (exact) mass is 883 g/mol. The van der Waals surface area contributed by atoms with Gasteiger partial charge in [-0.1, -0.05) is 225 Å². The van der Waals surface area contributed by atoms with Crippen LogP contribution in [0.15, 0.2) is 134 Å². The van der Waals surface area contributed by atoms with Crippen molar-refractivity contribution < 1.29 is 28.6 Å². The van der Waals surface area contributed by atoms with Crippen molar-refractivity contribution in [3.63, 3.8) is 0 Å². The number of rotatable bonds is 43. The molecule has 0 spiro atoms. The van der Waals surface area contributed by atoms with Gasteiger partial charge in [-0.15, -0.1) is 0 Å². The summed E-state index contributed by atoms with van der Waals surface area (Å²) in [7, 11) is 0. The Hall–Kier alpha value is -4.45. The van der Waals surface area contributed by atoms with E-state index in [0.717, 1.165) is 103 Å². The number of allylic oxidation sites excluding steroid dienone is 22. The average Bonchev–Trinajstić information content (AvgIpc) is 3.29. The average molecular weight is 883 g/mol. The van der Waals surface area contributed by atoms with E-state index in [-0.39, 0.29) is 37.5 Å². The van der Waals surface area contributed by atoms with E-state index in [9.17, 15) is 14.4 Å². The van der Waals surface area contributed by atoms with Crippen molar-refractivity contribution in [1.29, 1.82) is 0 Å². The van der Waals surface area contributed by atoms with E-state index in [2.05, 4.69) is 93.7 Å². The molecule has 0 radical (unpaired) electrons. The predicted molar refractivity (Wildman–Crippen MR) is 274 cm³/mol. The highest BCUT2D eigenvalue weighted by atomic mass is 16.6. The van der Waals surface area contributed by atoms with Gasteiger partial charge in [0, 0.05) is 19.3 Å². The summed E-state index contributed by atoms with van der Waals surface area (Å²) in [4.78, 5) is 37.9. The summed E-state index contributed by atoms with van der Waals surface area (Å²) in [5.41, 5.74) is 0. The number of hydrogen-bond acceptors (Lipinski definition) is 6. The fraction of sp³-hybridized carbons (Fsp3) is 0.569. The van der Waals surface area contributed by atoms with Crippen LogP contribution in [0.3, 0.4) is 0 Å². The quantitative estimate of drug-likeness (QED) is 0.0200. The molecule has 0 aromatic carbocycles. The van der Waals surface area contributed by atoms with Gasteiger partial charge in [-0.3, -0.25) is 14.4 Å². The molecule has 0 bridgehead atoms. The van der Waals surface area contributed by atoms with Gasteiger partial charge in [0.05, 0.1) is 0 Å². The Bertz CT molecular complexity index is 1430. The van der Waals surface area contributed by atoms with Gasteiger partial charge in [0.1, 0.15) is 13.2 Å². The summed E-state index contributed by atoms with van der Waals surface area (Å²) in [5.74, 6) is -1.00. The number of unbranched alkanes of at least 4 members (excludes halogenated alkanes) is 18. The van der Waals surface area contributed by atoms with E-state index in [1.54, 1.807) is 0 Å². The molecule has 1 atom stereocenters. The molecule has 0 N–H and O–H groups in total. The topological polar surface area (TPSA) is 78.9 Å². The molecule has 0 rings (SSSR count). The Balaban J connectivity index is 4.56. The van der Waals surface area contributed by atoms with Crippen molar-refractivity contribution in [2.45, 2.75) is 200 Å². The van der Waals surface area contributed by atoms with Crippen molar-refractivity contribution in [2.24, 2.45) is 0 Å². The minimum absolute atomic E-state index is 0.114. The lowest BCUT2D eigenvalue weighted by Gasteiger charge is -2.18. The van der Waals surface area contributed by atoms with Gasteiger partial charge >= 0.3 is 17.9 Å². The van der Waals surface area contributed by atoms with Crippen LogP contribution in [0.5, 0.6) is 0 Å². The molecule has 0 saturated carbocycles. The fourth-order valence-corrected chi connectivity index (χ4v) is 6.29. The first kappa shape index (κ1) is 59.6. The molecule has 0 fully saturated rings. The van der Waals surface area contributed by atoms with Crippen molar-refractivity contribution in [3.8, 4) is 0 Å². The summed E-state index contributed by atoms with van der Waals surface area (Å²) < 4.78 is 16.7. The second-order valence-electron chi connectivity index (χ2n) is 16.2. The molecular weight excluding hydrogens is 793 g/mol. The van der Waals surface area contributed by atoms with E-state index >= 15 is 0 Å². The van der Waals surface area contributed by atoms with Crippen LogP contribution in [-0.2, 0) is 28.6 Å². The van der Waals surface area contributed by atoms with Crippen LogP contribution in [0, 0.1) is 0 Å². The van der Waals surface area contributed by atoms with Crippen LogP contribution in [0.25, 0.3) is 0 Å². The SMILES string of the molecule is CC\C=C/C=C\C=C/C=C\C=C\C=C/CCCCCC(=O)OC(COC(=O)CCCCCCC\C=C/C=C\C=C/C=C\CCCCC)COC(=O)CCCCCCC/C=C\CCCC. The molecule has 0 aliphatic carbocycles. The molecule has 6 nitrogen and oxygen atoms in total. The number of hydrogen-bond donors (Lipinski definition) is 0. The number of ether oxygens (including phenoxy) is 3. The van der Waals surface area contributed by atoms with Gasteiger partial charge in [0.2, 0.25) is 0 Å². The van der Waals surface area contributed by atoms with E-state index < -0.39 is 6.10 Å². The Morgan fingerprint density at radius 2 is 0.641 bits per heavy atom. The molecule has 0 aromatic heterocycles. The van der Waals surface area contributed by atoms with Crippen molar-refractivity contribution >= 4 is 17.9 Å². The molecule has 358 valence electrons. The smallest absolute Gasteiger partial charge is 0.306 e. The van der Waals surface area contributed by atoms with E-state index in [0.29, 0.717) is 19.3 Å². The maximum absolute atomic E-state index is 12.8. The van der Waals surface area contributed by atoms with Gasteiger partial charge in [0.25, 0.3) is 0 Å². The summed E-state index contributed by atoms with van der Waals surface area (Å²) >= 11 is 0. The maximum atomic E-state index is 12.8. The van der Waals surface area contributed by atoms with Gasteiger partial charge in [-0.25, -0.2) is 0 Å². The minimum atomic E-state index is -0.819. The number of carbonyl (C=O) groups is 3.